The van der Waals surface area contributed by atoms with Crippen molar-refractivity contribution in [2.75, 3.05) is 13.1 Å². The van der Waals surface area contributed by atoms with Gasteiger partial charge in [-0.3, -0.25) is 0 Å². The van der Waals surface area contributed by atoms with Crippen molar-refractivity contribution in [3.8, 4) is 0 Å². The summed E-state index contributed by atoms with van der Waals surface area (Å²) in [7, 11) is 0. The lowest BCUT2D eigenvalue weighted by atomic mass is 10.2. The van der Waals surface area contributed by atoms with Crippen LogP contribution < -0.4 is 10.6 Å². The molecule has 114 valence electrons. The van der Waals surface area contributed by atoms with Crippen molar-refractivity contribution in [2.45, 2.75) is 45.8 Å². The van der Waals surface area contributed by atoms with Crippen molar-refractivity contribution < 1.29 is 9.53 Å². The van der Waals surface area contributed by atoms with Crippen LogP contribution in [0.1, 0.15) is 45.7 Å². The second kappa shape index (κ2) is 7.86. The van der Waals surface area contributed by atoms with Crippen LogP contribution >= 0.6 is 22.9 Å². The molecule has 0 aromatic carbocycles. The second-order valence-corrected chi connectivity index (χ2v) is 7.18. The van der Waals surface area contributed by atoms with Crippen molar-refractivity contribution in [2.24, 2.45) is 0 Å². The van der Waals surface area contributed by atoms with E-state index in [0.717, 1.165) is 17.3 Å². The van der Waals surface area contributed by atoms with Crippen molar-refractivity contribution in [1.82, 2.24) is 10.6 Å². The standard InChI is InChI=1S/C14H23ClN2O2S/c1-10(11-8-12(15)20-9-11)16-6-5-7-17-13(18)19-14(2,3)4/h8-10,16H,5-7H2,1-4H3,(H,17,18). The van der Waals surface area contributed by atoms with E-state index in [1.165, 1.54) is 16.9 Å². The van der Waals surface area contributed by atoms with Gasteiger partial charge in [0.25, 0.3) is 0 Å². The molecule has 0 saturated heterocycles. The first-order valence-electron chi connectivity index (χ1n) is 6.72. The van der Waals surface area contributed by atoms with Crippen LogP contribution in [0.4, 0.5) is 4.79 Å². The highest BCUT2D eigenvalue weighted by atomic mass is 35.5. The topological polar surface area (TPSA) is 50.4 Å². The first-order valence-corrected chi connectivity index (χ1v) is 7.98. The molecule has 0 fully saturated rings. The fourth-order valence-electron chi connectivity index (χ4n) is 1.58. The van der Waals surface area contributed by atoms with Gasteiger partial charge in [0.2, 0.25) is 0 Å². The van der Waals surface area contributed by atoms with E-state index in [0.29, 0.717) is 6.54 Å². The van der Waals surface area contributed by atoms with E-state index in [1.807, 2.05) is 26.8 Å². The number of carbonyl (C=O) groups excluding carboxylic acids is 1. The molecule has 2 N–H and O–H groups in total. The highest BCUT2D eigenvalue weighted by Gasteiger charge is 2.15. The zero-order valence-electron chi connectivity index (χ0n) is 12.5. The van der Waals surface area contributed by atoms with Crippen LogP contribution in [0.3, 0.4) is 0 Å². The monoisotopic (exact) mass is 318 g/mol. The van der Waals surface area contributed by atoms with E-state index in [4.69, 9.17) is 16.3 Å². The van der Waals surface area contributed by atoms with E-state index in [-0.39, 0.29) is 12.1 Å². The Hall–Kier alpha value is -0.780. The molecule has 6 heteroatoms. The van der Waals surface area contributed by atoms with Crippen molar-refractivity contribution in [3.05, 3.63) is 21.3 Å². The van der Waals surface area contributed by atoms with E-state index in [1.54, 1.807) is 0 Å². The third kappa shape index (κ3) is 7.12. The Kier molecular flexibility index (Phi) is 6.79. The summed E-state index contributed by atoms with van der Waals surface area (Å²) in [5.74, 6) is 0. The van der Waals surface area contributed by atoms with Crippen LogP contribution in [0.15, 0.2) is 11.4 Å². The Labute approximate surface area is 129 Å². The molecule has 1 aromatic rings. The molecule has 1 heterocycles. The third-order valence-electron chi connectivity index (χ3n) is 2.56. The van der Waals surface area contributed by atoms with Crippen LogP contribution in [0.5, 0.6) is 0 Å². The summed E-state index contributed by atoms with van der Waals surface area (Å²) in [5.41, 5.74) is 0.745. The van der Waals surface area contributed by atoms with Gasteiger partial charge in [-0.15, -0.1) is 11.3 Å². The summed E-state index contributed by atoms with van der Waals surface area (Å²) in [6.45, 7) is 9.06. The van der Waals surface area contributed by atoms with E-state index in [9.17, 15) is 4.79 Å². The van der Waals surface area contributed by atoms with Crippen LogP contribution in [0, 0.1) is 0 Å². The second-order valence-electron chi connectivity index (χ2n) is 5.64. The smallest absolute Gasteiger partial charge is 0.407 e. The normalized spacial score (nSPS) is 13.1. The minimum absolute atomic E-state index is 0.264. The van der Waals surface area contributed by atoms with Gasteiger partial charge in [0.05, 0.1) is 4.34 Å². The van der Waals surface area contributed by atoms with Gasteiger partial charge in [-0.25, -0.2) is 4.79 Å². The molecule has 0 radical (unpaired) electrons. The van der Waals surface area contributed by atoms with Crippen molar-refractivity contribution in [3.63, 3.8) is 0 Å². The number of hydrogen-bond acceptors (Lipinski definition) is 4. The first-order chi connectivity index (χ1) is 9.28. The molecular formula is C14H23ClN2O2S. The zero-order chi connectivity index (χ0) is 15.2. The van der Waals surface area contributed by atoms with Gasteiger partial charge in [-0.1, -0.05) is 11.6 Å². The molecule has 1 atom stereocenters. The number of nitrogens with one attached hydrogen (secondary N) is 2. The lowest BCUT2D eigenvalue weighted by Crippen LogP contribution is -2.34. The number of ether oxygens (including phenoxy) is 1. The molecule has 0 bridgehead atoms. The van der Waals surface area contributed by atoms with Gasteiger partial charge >= 0.3 is 6.09 Å². The summed E-state index contributed by atoms with van der Waals surface area (Å²) in [6.07, 6.45) is 0.483. The van der Waals surface area contributed by atoms with Gasteiger partial charge < -0.3 is 15.4 Å². The first kappa shape index (κ1) is 17.3. The summed E-state index contributed by atoms with van der Waals surface area (Å²) >= 11 is 7.44. The van der Waals surface area contributed by atoms with Gasteiger partial charge in [-0.05, 0) is 57.7 Å². The fraction of sp³-hybridized carbons (Fsp3) is 0.643. The van der Waals surface area contributed by atoms with Gasteiger partial charge in [-0.2, -0.15) is 0 Å². The van der Waals surface area contributed by atoms with Crippen molar-refractivity contribution >= 4 is 29.0 Å². The molecule has 0 spiro atoms. The summed E-state index contributed by atoms with van der Waals surface area (Å²) < 4.78 is 5.96. The van der Waals surface area contributed by atoms with Crippen LogP contribution in [-0.4, -0.2) is 24.8 Å². The molecule has 1 amide bonds. The lowest BCUT2D eigenvalue weighted by Gasteiger charge is -2.19. The number of rotatable bonds is 6. The fourth-order valence-corrected chi connectivity index (χ4v) is 2.56. The number of amides is 1. The van der Waals surface area contributed by atoms with E-state index < -0.39 is 5.60 Å². The van der Waals surface area contributed by atoms with Gasteiger partial charge in [0, 0.05) is 12.6 Å². The largest absolute Gasteiger partial charge is 0.444 e. The molecule has 1 aromatic heterocycles. The molecule has 1 unspecified atom stereocenters. The van der Waals surface area contributed by atoms with E-state index in [2.05, 4.69) is 22.9 Å². The Bertz CT molecular complexity index is 429. The Balaban J connectivity index is 2.12. The number of halogens is 1. The summed E-state index contributed by atoms with van der Waals surface area (Å²) in [6, 6.07) is 2.24. The highest BCUT2D eigenvalue weighted by Crippen LogP contribution is 2.24. The number of carbonyl (C=O) groups is 1. The minimum atomic E-state index is -0.449. The number of thiophene rings is 1. The van der Waals surface area contributed by atoms with Crippen molar-refractivity contribution in [1.29, 1.82) is 0 Å². The SMILES string of the molecule is CC(NCCCNC(=O)OC(C)(C)C)c1csc(Cl)c1. The predicted molar refractivity (Wildman–Crippen MR) is 84.6 cm³/mol. The molecule has 0 aliphatic carbocycles. The summed E-state index contributed by atoms with van der Waals surface area (Å²) in [5, 5.41) is 8.18. The van der Waals surface area contributed by atoms with Crippen LogP contribution in [-0.2, 0) is 4.74 Å². The molecule has 0 saturated carbocycles. The van der Waals surface area contributed by atoms with Crippen LogP contribution in [0.25, 0.3) is 0 Å². The quantitative estimate of drug-likeness (QED) is 0.780. The lowest BCUT2D eigenvalue weighted by molar-refractivity contribution is 0.0527. The molecule has 0 aliphatic heterocycles. The molecule has 1 rings (SSSR count). The van der Waals surface area contributed by atoms with Gasteiger partial charge in [0.1, 0.15) is 5.60 Å². The molecule has 4 nitrogen and oxygen atoms in total. The summed E-state index contributed by atoms with van der Waals surface area (Å²) in [4.78, 5) is 11.4. The maximum absolute atomic E-state index is 11.4. The minimum Gasteiger partial charge on any atom is -0.444 e. The maximum atomic E-state index is 11.4. The average Bonchev–Trinajstić information content (AvgIpc) is 2.73. The van der Waals surface area contributed by atoms with Crippen LogP contribution in [0.2, 0.25) is 4.34 Å². The highest BCUT2D eigenvalue weighted by molar-refractivity contribution is 7.14. The number of hydrogen-bond donors (Lipinski definition) is 2. The molecular weight excluding hydrogens is 296 g/mol. The Morgan fingerprint density at radius 1 is 1.45 bits per heavy atom. The van der Waals surface area contributed by atoms with Gasteiger partial charge in [0.15, 0.2) is 0 Å². The molecule has 20 heavy (non-hydrogen) atoms. The Morgan fingerprint density at radius 3 is 2.70 bits per heavy atom. The predicted octanol–water partition coefficient (Wildman–Crippen LogP) is 3.97. The maximum Gasteiger partial charge on any atom is 0.407 e. The number of alkyl carbamates (subject to hydrolysis) is 1. The van der Waals surface area contributed by atoms with E-state index >= 15 is 0 Å². The Morgan fingerprint density at radius 2 is 2.15 bits per heavy atom. The third-order valence-corrected chi connectivity index (χ3v) is 3.67. The zero-order valence-corrected chi connectivity index (χ0v) is 14.0. The molecule has 0 aliphatic rings. The average molecular weight is 319 g/mol.